The molecule has 2 aromatic carbocycles. The summed E-state index contributed by atoms with van der Waals surface area (Å²) in [6, 6.07) is 15.4. The number of rotatable bonds is 5. The van der Waals surface area contributed by atoms with Gasteiger partial charge in [0.25, 0.3) is 0 Å². The monoisotopic (exact) mass is 427 g/mol. The average molecular weight is 428 g/mol. The lowest BCUT2D eigenvalue weighted by atomic mass is 10.0. The van der Waals surface area contributed by atoms with Gasteiger partial charge < -0.3 is 19.9 Å². The van der Waals surface area contributed by atoms with E-state index in [0.717, 1.165) is 37.4 Å². The van der Waals surface area contributed by atoms with Crippen LogP contribution in [0.25, 0.3) is 0 Å². The Morgan fingerprint density at radius 3 is 2.50 bits per heavy atom. The van der Waals surface area contributed by atoms with Crippen LogP contribution in [0.1, 0.15) is 19.3 Å². The predicted octanol–water partition coefficient (Wildman–Crippen LogP) is 3.49. The molecule has 0 aliphatic carbocycles. The molecule has 0 radical (unpaired) electrons. The highest BCUT2D eigenvalue weighted by Crippen LogP contribution is 2.28. The van der Waals surface area contributed by atoms with Crippen molar-refractivity contribution in [3.05, 3.63) is 53.6 Å². The summed E-state index contributed by atoms with van der Waals surface area (Å²) < 4.78 is 5.22. The summed E-state index contributed by atoms with van der Waals surface area (Å²) in [7, 11) is 1.66. The summed E-state index contributed by atoms with van der Waals surface area (Å²) in [5, 5.41) is 3.74. The Kier molecular flexibility index (Phi) is 6.13. The first kappa shape index (κ1) is 20.5. The zero-order chi connectivity index (χ0) is 21.1. The maximum atomic E-state index is 12.8. The standard InChI is InChI=1S/C23H26ClN3O3/c1-30-21-7-5-19(6-8-21)26-11-9-18(10-12-26)25-23(29)16-13-22(28)27(15-16)20-4-2-3-17(24)14-20/h2-8,14,16,18H,9-13,15H2,1H3,(H,25,29). The van der Waals surface area contributed by atoms with Gasteiger partial charge in [-0.15, -0.1) is 0 Å². The lowest BCUT2D eigenvalue weighted by Gasteiger charge is -2.34. The summed E-state index contributed by atoms with van der Waals surface area (Å²) in [4.78, 5) is 29.2. The topological polar surface area (TPSA) is 61.9 Å². The number of halogens is 1. The Labute approximate surface area is 181 Å². The molecule has 158 valence electrons. The van der Waals surface area contributed by atoms with E-state index in [0.29, 0.717) is 11.6 Å². The van der Waals surface area contributed by atoms with Crippen LogP contribution >= 0.6 is 11.6 Å². The van der Waals surface area contributed by atoms with Gasteiger partial charge in [-0.1, -0.05) is 17.7 Å². The van der Waals surface area contributed by atoms with Crippen molar-refractivity contribution in [2.24, 2.45) is 5.92 Å². The summed E-state index contributed by atoms with van der Waals surface area (Å²) in [6.45, 7) is 2.17. The van der Waals surface area contributed by atoms with Crippen LogP contribution in [-0.2, 0) is 9.59 Å². The first-order chi connectivity index (χ1) is 14.5. The van der Waals surface area contributed by atoms with Crippen LogP contribution in [0.15, 0.2) is 48.5 Å². The Hall–Kier alpha value is -2.73. The number of amides is 2. The Morgan fingerprint density at radius 1 is 1.10 bits per heavy atom. The maximum Gasteiger partial charge on any atom is 0.227 e. The number of hydrogen-bond acceptors (Lipinski definition) is 4. The van der Waals surface area contributed by atoms with E-state index in [1.807, 2.05) is 24.3 Å². The van der Waals surface area contributed by atoms with E-state index in [-0.39, 0.29) is 30.2 Å². The van der Waals surface area contributed by atoms with Crippen molar-refractivity contribution >= 4 is 34.8 Å². The van der Waals surface area contributed by atoms with E-state index in [1.54, 1.807) is 24.1 Å². The number of carbonyl (C=O) groups is 2. The SMILES string of the molecule is COc1ccc(N2CCC(NC(=O)C3CC(=O)N(c4cccc(Cl)c4)C3)CC2)cc1. The van der Waals surface area contributed by atoms with Crippen molar-refractivity contribution in [1.82, 2.24) is 5.32 Å². The molecule has 2 amide bonds. The van der Waals surface area contributed by atoms with Gasteiger partial charge in [0.15, 0.2) is 0 Å². The number of nitrogens with one attached hydrogen (secondary N) is 1. The molecule has 2 saturated heterocycles. The maximum absolute atomic E-state index is 12.8. The zero-order valence-corrected chi connectivity index (χ0v) is 17.8. The second kappa shape index (κ2) is 8.96. The van der Waals surface area contributed by atoms with Gasteiger partial charge in [0.2, 0.25) is 11.8 Å². The summed E-state index contributed by atoms with van der Waals surface area (Å²) in [6.07, 6.45) is 2.01. The first-order valence-corrected chi connectivity index (χ1v) is 10.7. The molecule has 0 saturated carbocycles. The van der Waals surface area contributed by atoms with Crippen LogP contribution in [0, 0.1) is 5.92 Å². The minimum Gasteiger partial charge on any atom is -0.497 e. The van der Waals surface area contributed by atoms with Gasteiger partial charge in [-0.25, -0.2) is 0 Å². The van der Waals surface area contributed by atoms with E-state index >= 15 is 0 Å². The van der Waals surface area contributed by atoms with E-state index in [2.05, 4.69) is 22.3 Å². The van der Waals surface area contributed by atoms with Crippen LogP contribution in [0.3, 0.4) is 0 Å². The van der Waals surface area contributed by atoms with Gasteiger partial charge >= 0.3 is 0 Å². The summed E-state index contributed by atoms with van der Waals surface area (Å²) >= 11 is 6.04. The van der Waals surface area contributed by atoms with Gasteiger partial charge in [0.1, 0.15) is 5.75 Å². The molecule has 6 nitrogen and oxygen atoms in total. The Bertz CT molecular complexity index is 910. The van der Waals surface area contributed by atoms with E-state index in [1.165, 1.54) is 5.69 Å². The van der Waals surface area contributed by atoms with Crippen LogP contribution in [0.2, 0.25) is 5.02 Å². The molecule has 2 aromatic rings. The molecular formula is C23H26ClN3O3. The highest BCUT2D eigenvalue weighted by molar-refractivity contribution is 6.31. The van der Waals surface area contributed by atoms with Gasteiger partial charge in [0.05, 0.1) is 13.0 Å². The highest BCUT2D eigenvalue weighted by Gasteiger charge is 2.36. The molecule has 4 rings (SSSR count). The minimum atomic E-state index is -0.323. The fourth-order valence-corrected chi connectivity index (χ4v) is 4.36. The van der Waals surface area contributed by atoms with E-state index in [9.17, 15) is 9.59 Å². The van der Waals surface area contributed by atoms with Crippen molar-refractivity contribution in [3.8, 4) is 5.75 Å². The molecule has 2 fully saturated rings. The van der Waals surface area contributed by atoms with Crippen molar-refractivity contribution in [2.45, 2.75) is 25.3 Å². The van der Waals surface area contributed by atoms with Crippen molar-refractivity contribution in [2.75, 3.05) is 36.5 Å². The molecule has 2 aliphatic heterocycles. The number of carbonyl (C=O) groups excluding carboxylic acids is 2. The quantitative estimate of drug-likeness (QED) is 0.793. The van der Waals surface area contributed by atoms with Crippen molar-refractivity contribution in [3.63, 3.8) is 0 Å². The van der Waals surface area contributed by atoms with Gasteiger partial charge in [0, 0.05) is 48.5 Å². The molecule has 0 aromatic heterocycles. The summed E-state index contributed by atoms with van der Waals surface area (Å²) in [5.74, 6) is 0.456. The number of nitrogens with zero attached hydrogens (tertiary/aromatic N) is 2. The fourth-order valence-electron chi connectivity index (χ4n) is 4.17. The Balaban J connectivity index is 1.29. The number of hydrogen-bond donors (Lipinski definition) is 1. The summed E-state index contributed by atoms with van der Waals surface area (Å²) in [5.41, 5.74) is 1.91. The molecule has 1 N–H and O–H groups in total. The number of piperidine rings is 1. The minimum absolute atomic E-state index is 0.0317. The molecule has 2 aliphatic rings. The van der Waals surface area contributed by atoms with Gasteiger partial charge in [-0.2, -0.15) is 0 Å². The third kappa shape index (κ3) is 4.54. The zero-order valence-electron chi connectivity index (χ0n) is 17.0. The second-order valence-electron chi connectivity index (χ2n) is 7.85. The molecular weight excluding hydrogens is 402 g/mol. The number of methoxy groups -OCH3 is 1. The second-order valence-corrected chi connectivity index (χ2v) is 8.29. The molecule has 2 heterocycles. The molecule has 1 unspecified atom stereocenters. The smallest absolute Gasteiger partial charge is 0.227 e. The lowest BCUT2D eigenvalue weighted by Crippen LogP contribution is -2.46. The first-order valence-electron chi connectivity index (χ1n) is 10.3. The molecule has 1 atom stereocenters. The van der Waals surface area contributed by atoms with Gasteiger partial charge in [-0.3, -0.25) is 9.59 Å². The van der Waals surface area contributed by atoms with Crippen LogP contribution < -0.4 is 19.9 Å². The molecule has 30 heavy (non-hydrogen) atoms. The number of benzene rings is 2. The van der Waals surface area contributed by atoms with E-state index < -0.39 is 0 Å². The molecule has 0 spiro atoms. The number of ether oxygens (including phenoxy) is 1. The third-order valence-corrected chi connectivity index (χ3v) is 6.13. The Morgan fingerprint density at radius 2 is 1.83 bits per heavy atom. The van der Waals surface area contributed by atoms with Crippen molar-refractivity contribution in [1.29, 1.82) is 0 Å². The van der Waals surface area contributed by atoms with E-state index in [4.69, 9.17) is 16.3 Å². The van der Waals surface area contributed by atoms with Gasteiger partial charge in [-0.05, 0) is 55.3 Å². The predicted molar refractivity (Wildman–Crippen MR) is 118 cm³/mol. The third-order valence-electron chi connectivity index (χ3n) is 5.89. The number of anilines is 2. The van der Waals surface area contributed by atoms with Crippen LogP contribution in [-0.4, -0.2) is 44.6 Å². The van der Waals surface area contributed by atoms with Crippen LogP contribution in [0.4, 0.5) is 11.4 Å². The normalized spacial score (nSPS) is 19.8. The van der Waals surface area contributed by atoms with Crippen LogP contribution in [0.5, 0.6) is 5.75 Å². The lowest BCUT2D eigenvalue weighted by molar-refractivity contribution is -0.127. The largest absolute Gasteiger partial charge is 0.497 e. The van der Waals surface area contributed by atoms with Crippen molar-refractivity contribution < 1.29 is 14.3 Å². The highest BCUT2D eigenvalue weighted by atomic mass is 35.5. The molecule has 7 heteroatoms. The molecule has 0 bridgehead atoms. The average Bonchev–Trinajstić information content (AvgIpc) is 3.16. The fraction of sp³-hybridized carbons (Fsp3) is 0.391.